The van der Waals surface area contributed by atoms with Crippen molar-refractivity contribution in [1.82, 2.24) is 20.1 Å². The summed E-state index contributed by atoms with van der Waals surface area (Å²) in [5.41, 5.74) is 1.18. The summed E-state index contributed by atoms with van der Waals surface area (Å²) in [7, 11) is 1.89. The first-order chi connectivity index (χ1) is 9.25. The maximum absolute atomic E-state index is 12.0. The number of likely N-dealkylation sites (N-methyl/N-ethyl adjacent to an activating group) is 1. The molecule has 0 spiro atoms. The molecule has 5 nitrogen and oxygen atoms in total. The summed E-state index contributed by atoms with van der Waals surface area (Å²) in [5, 5.41) is 3.32. The molecule has 2 N–H and O–H groups in total. The summed E-state index contributed by atoms with van der Waals surface area (Å²) in [6.45, 7) is 5.85. The lowest BCUT2D eigenvalue weighted by Crippen LogP contribution is -2.44. The van der Waals surface area contributed by atoms with Crippen molar-refractivity contribution in [1.29, 1.82) is 0 Å². The molecule has 1 aromatic rings. The van der Waals surface area contributed by atoms with Crippen LogP contribution in [0, 0.1) is 0 Å². The van der Waals surface area contributed by atoms with Crippen LogP contribution < -0.4 is 5.32 Å². The molecule has 2 heterocycles. The molecule has 0 atom stereocenters. The SMILES string of the molecule is CN(CCc1ccc[nH]1)C(=O)CCN1CCNCC1. The molecular formula is C14H24N4O. The van der Waals surface area contributed by atoms with Crippen LogP contribution in [-0.4, -0.2) is 67.0 Å². The number of carbonyl (C=O) groups excluding carboxylic acids is 1. The number of piperazine rings is 1. The van der Waals surface area contributed by atoms with Crippen molar-refractivity contribution in [2.24, 2.45) is 0 Å². The average molecular weight is 264 g/mol. The van der Waals surface area contributed by atoms with Gasteiger partial charge in [0.15, 0.2) is 0 Å². The van der Waals surface area contributed by atoms with Crippen LogP contribution in [0.25, 0.3) is 0 Å². The van der Waals surface area contributed by atoms with E-state index in [0.29, 0.717) is 6.42 Å². The fourth-order valence-electron chi connectivity index (χ4n) is 2.32. The molecule has 1 aliphatic rings. The maximum Gasteiger partial charge on any atom is 0.223 e. The third-order valence-corrected chi connectivity index (χ3v) is 3.66. The van der Waals surface area contributed by atoms with Crippen LogP contribution in [0.5, 0.6) is 0 Å². The lowest BCUT2D eigenvalue weighted by molar-refractivity contribution is -0.130. The molecular weight excluding hydrogens is 240 g/mol. The Morgan fingerprint density at radius 3 is 2.89 bits per heavy atom. The molecule has 0 radical (unpaired) electrons. The highest BCUT2D eigenvalue weighted by Crippen LogP contribution is 2.01. The fourth-order valence-corrected chi connectivity index (χ4v) is 2.32. The molecule has 19 heavy (non-hydrogen) atoms. The van der Waals surface area contributed by atoms with Gasteiger partial charge in [0.25, 0.3) is 0 Å². The molecule has 0 saturated carbocycles. The van der Waals surface area contributed by atoms with Gasteiger partial charge in [0.1, 0.15) is 0 Å². The van der Waals surface area contributed by atoms with Crippen LogP contribution in [0.15, 0.2) is 18.3 Å². The van der Waals surface area contributed by atoms with E-state index in [1.54, 1.807) is 0 Å². The number of hydrogen-bond acceptors (Lipinski definition) is 3. The number of aromatic amines is 1. The Bertz CT molecular complexity index is 371. The lowest BCUT2D eigenvalue weighted by Gasteiger charge is -2.27. The summed E-state index contributed by atoms with van der Waals surface area (Å²) in [5.74, 6) is 0.241. The van der Waals surface area contributed by atoms with Crippen LogP contribution >= 0.6 is 0 Å². The molecule has 0 aliphatic carbocycles. The van der Waals surface area contributed by atoms with Crippen LogP contribution in [0.3, 0.4) is 0 Å². The van der Waals surface area contributed by atoms with Crippen LogP contribution in [0.4, 0.5) is 0 Å². The minimum absolute atomic E-state index is 0.241. The van der Waals surface area contributed by atoms with Gasteiger partial charge in [-0.1, -0.05) is 0 Å². The summed E-state index contributed by atoms with van der Waals surface area (Å²) in [4.78, 5) is 19.4. The highest BCUT2D eigenvalue weighted by molar-refractivity contribution is 5.76. The third-order valence-electron chi connectivity index (χ3n) is 3.66. The van der Waals surface area contributed by atoms with Gasteiger partial charge in [-0.25, -0.2) is 0 Å². The topological polar surface area (TPSA) is 51.4 Å². The summed E-state index contributed by atoms with van der Waals surface area (Å²) in [6.07, 6.45) is 3.44. The Morgan fingerprint density at radius 1 is 1.42 bits per heavy atom. The normalized spacial score (nSPS) is 16.5. The van der Waals surface area contributed by atoms with Crippen LogP contribution in [0.2, 0.25) is 0 Å². The number of aromatic nitrogens is 1. The lowest BCUT2D eigenvalue weighted by atomic mass is 10.2. The molecule has 1 aliphatic heterocycles. The Kier molecular flexibility index (Phi) is 5.42. The molecule has 0 unspecified atom stereocenters. The van der Waals surface area contributed by atoms with Crippen molar-refractivity contribution in [2.45, 2.75) is 12.8 Å². The zero-order valence-corrected chi connectivity index (χ0v) is 11.7. The van der Waals surface area contributed by atoms with Crippen LogP contribution in [0.1, 0.15) is 12.1 Å². The maximum atomic E-state index is 12.0. The zero-order valence-electron chi connectivity index (χ0n) is 11.7. The van der Waals surface area contributed by atoms with Gasteiger partial charge in [0.2, 0.25) is 5.91 Å². The molecule has 0 bridgehead atoms. The molecule has 1 saturated heterocycles. The second-order valence-electron chi connectivity index (χ2n) is 5.10. The smallest absolute Gasteiger partial charge is 0.223 e. The van der Waals surface area contributed by atoms with E-state index in [0.717, 1.165) is 45.7 Å². The monoisotopic (exact) mass is 264 g/mol. The quantitative estimate of drug-likeness (QED) is 0.777. The van der Waals surface area contributed by atoms with Gasteiger partial charge in [-0.2, -0.15) is 0 Å². The Balaban J connectivity index is 1.64. The number of amides is 1. The van der Waals surface area contributed by atoms with Crippen molar-refractivity contribution in [3.05, 3.63) is 24.0 Å². The van der Waals surface area contributed by atoms with E-state index < -0.39 is 0 Å². The number of carbonyl (C=O) groups is 1. The molecule has 2 rings (SSSR count). The van der Waals surface area contributed by atoms with Crippen molar-refractivity contribution in [2.75, 3.05) is 46.3 Å². The van der Waals surface area contributed by atoms with Crippen molar-refractivity contribution >= 4 is 5.91 Å². The predicted molar refractivity (Wildman–Crippen MR) is 76.1 cm³/mol. The van der Waals surface area contributed by atoms with Gasteiger partial charge in [0, 0.05) is 71.0 Å². The molecule has 0 aromatic carbocycles. The van der Waals surface area contributed by atoms with Gasteiger partial charge in [0.05, 0.1) is 0 Å². The molecule has 106 valence electrons. The molecule has 1 fully saturated rings. The minimum atomic E-state index is 0.241. The third kappa shape index (κ3) is 4.69. The van der Waals surface area contributed by atoms with Gasteiger partial charge in [-0.15, -0.1) is 0 Å². The first-order valence-electron chi connectivity index (χ1n) is 7.05. The van der Waals surface area contributed by atoms with E-state index in [1.165, 1.54) is 5.69 Å². The summed E-state index contributed by atoms with van der Waals surface area (Å²) >= 11 is 0. The summed E-state index contributed by atoms with van der Waals surface area (Å²) < 4.78 is 0. The molecule has 5 heteroatoms. The number of hydrogen-bond donors (Lipinski definition) is 2. The standard InChI is InChI=1S/C14H24N4O/c1-17(9-4-13-3-2-6-16-13)14(19)5-10-18-11-7-15-8-12-18/h2-3,6,15-16H,4-5,7-12H2,1H3. The number of nitrogens with zero attached hydrogens (tertiary/aromatic N) is 2. The van der Waals surface area contributed by atoms with E-state index in [-0.39, 0.29) is 5.91 Å². The van der Waals surface area contributed by atoms with E-state index in [2.05, 4.69) is 21.3 Å². The molecule has 1 amide bonds. The number of rotatable bonds is 6. The average Bonchev–Trinajstić information content (AvgIpc) is 2.96. The summed E-state index contributed by atoms with van der Waals surface area (Å²) in [6, 6.07) is 4.04. The number of H-pyrrole nitrogens is 1. The Labute approximate surface area is 115 Å². The Hall–Kier alpha value is -1.33. The second kappa shape index (κ2) is 7.31. The van der Waals surface area contributed by atoms with E-state index in [1.807, 2.05) is 24.2 Å². The largest absolute Gasteiger partial charge is 0.365 e. The van der Waals surface area contributed by atoms with Crippen LogP contribution in [-0.2, 0) is 11.2 Å². The Morgan fingerprint density at radius 2 is 2.21 bits per heavy atom. The van der Waals surface area contributed by atoms with Gasteiger partial charge >= 0.3 is 0 Å². The van der Waals surface area contributed by atoms with Gasteiger partial charge < -0.3 is 20.1 Å². The number of nitrogens with one attached hydrogen (secondary N) is 2. The van der Waals surface area contributed by atoms with Crippen molar-refractivity contribution < 1.29 is 4.79 Å². The first-order valence-corrected chi connectivity index (χ1v) is 7.05. The van der Waals surface area contributed by atoms with Gasteiger partial charge in [-0.05, 0) is 12.1 Å². The zero-order chi connectivity index (χ0) is 13.5. The molecule has 1 aromatic heterocycles. The highest BCUT2D eigenvalue weighted by Gasteiger charge is 2.13. The highest BCUT2D eigenvalue weighted by atomic mass is 16.2. The van der Waals surface area contributed by atoms with E-state index in [9.17, 15) is 4.79 Å². The predicted octanol–water partition coefficient (Wildman–Crippen LogP) is 0.311. The van der Waals surface area contributed by atoms with Gasteiger partial charge in [-0.3, -0.25) is 4.79 Å². The second-order valence-corrected chi connectivity index (χ2v) is 5.10. The minimum Gasteiger partial charge on any atom is -0.365 e. The van der Waals surface area contributed by atoms with E-state index >= 15 is 0 Å². The van der Waals surface area contributed by atoms with Crippen molar-refractivity contribution in [3.63, 3.8) is 0 Å². The van der Waals surface area contributed by atoms with E-state index in [4.69, 9.17) is 0 Å². The fraction of sp³-hybridized carbons (Fsp3) is 0.643. The van der Waals surface area contributed by atoms with Crippen molar-refractivity contribution in [3.8, 4) is 0 Å². The first kappa shape index (κ1) is 14.1.